The summed E-state index contributed by atoms with van der Waals surface area (Å²) in [5.41, 5.74) is 0.958. The minimum atomic E-state index is -3.81. The number of nitrogens with one attached hydrogen (secondary N) is 1. The molecule has 2 aromatic rings. The number of carbonyl (C=O) groups is 1. The Bertz CT molecular complexity index is 721. The Morgan fingerprint density at radius 2 is 1.95 bits per heavy atom. The van der Waals surface area contributed by atoms with E-state index in [0.717, 1.165) is 5.56 Å². The third-order valence-corrected chi connectivity index (χ3v) is 5.33. The lowest BCUT2D eigenvalue weighted by Crippen LogP contribution is -2.34. The first-order valence-corrected chi connectivity index (χ1v) is 9.09. The van der Waals surface area contributed by atoms with Crippen LogP contribution in [0.5, 0.6) is 0 Å². The van der Waals surface area contributed by atoms with Crippen molar-refractivity contribution in [2.75, 3.05) is 6.61 Å². The Morgan fingerprint density at radius 1 is 1.27 bits per heavy atom. The molecular weight excluding hydrogens is 322 g/mol. The molecule has 0 bridgehead atoms. The van der Waals surface area contributed by atoms with Crippen molar-refractivity contribution in [2.24, 2.45) is 0 Å². The lowest BCUT2D eigenvalue weighted by molar-refractivity contribution is -0.145. The molecule has 0 aliphatic rings. The van der Waals surface area contributed by atoms with E-state index >= 15 is 0 Å². The lowest BCUT2D eigenvalue weighted by atomic mass is 10.2. The highest BCUT2D eigenvalue weighted by atomic mass is 32.2. The average molecular weight is 339 g/mol. The number of carbonyl (C=O) groups excluding carboxylic acids is 1. The van der Waals surface area contributed by atoms with Gasteiger partial charge < -0.3 is 4.74 Å². The van der Waals surface area contributed by atoms with Gasteiger partial charge >= 0.3 is 5.97 Å². The molecule has 0 radical (unpaired) electrons. The second-order valence-electron chi connectivity index (χ2n) is 4.63. The topological polar surface area (TPSA) is 72.5 Å². The SMILES string of the molecule is CCOC(=O)C(NS(=O)(=O)c1ccc(C)cc1)c1cccs1. The number of aryl methyl sites for hydroxylation is 1. The second kappa shape index (κ2) is 7.04. The van der Waals surface area contributed by atoms with Gasteiger partial charge in [-0.05, 0) is 37.4 Å². The number of hydrogen-bond acceptors (Lipinski definition) is 5. The molecule has 22 heavy (non-hydrogen) atoms. The van der Waals surface area contributed by atoms with Crippen molar-refractivity contribution in [2.45, 2.75) is 24.8 Å². The Labute approximate surface area is 134 Å². The van der Waals surface area contributed by atoms with E-state index in [2.05, 4.69) is 4.72 Å². The average Bonchev–Trinajstić information content (AvgIpc) is 2.99. The minimum absolute atomic E-state index is 0.115. The Morgan fingerprint density at radius 3 is 2.50 bits per heavy atom. The van der Waals surface area contributed by atoms with Gasteiger partial charge in [-0.25, -0.2) is 13.2 Å². The minimum Gasteiger partial charge on any atom is -0.465 e. The molecule has 7 heteroatoms. The zero-order valence-corrected chi connectivity index (χ0v) is 13.9. The first-order chi connectivity index (χ1) is 10.4. The Balaban J connectivity index is 2.30. The first-order valence-electron chi connectivity index (χ1n) is 6.73. The summed E-state index contributed by atoms with van der Waals surface area (Å²) >= 11 is 1.30. The fourth-order valence-electron chi connectivity index (χ4n) is 1.84. The molecule has 0 fully saturated rings. The van der Waals surface area contributed by atoms with Crippen LogP contribution in [-0.2, 0) is 19.6 Å². The van der Waals surface area contributed by atoms with Crippen LogP contribution in [0.4, 0.5) is 0 Å². The number of rotatable bonds is 6. The molecule has 5 nitrogen and oxygen atoms in total. The van der Waals surface area contributed by atoms with Crippen molar-refractivity contribution in [3.8, 4) is 0 Å². The van der Waals surface area contributed by atoms with Gasteiger partial charge in [0.2, 0.25) is 10.0 Å². The Kier molecular flexibility index (Phi) is 5.33. The van der Waals surface area contributed by atoms with Gasteiger partial charge in [-0.15, -0.1) is 11.3 Å². The second-order valence-corrected chi connectivity index (χ2v) is 7.33. The molecule has 0 spiro atoms. The summed E-state index contributed by atoms with van der Waals surface area (Å²) in [5, 5.41) is 1.78. The van der Waals surface area contributed by atoms with Crippen LogP contribution in [-0.4, -0.2) is 21.0 Å². The van der Waals surface area contributed by atoms with Crippen molar-refractivity contribution in [3.05, 3.63) is 52.2 Å². The number of thiophene rings is 1. The number of benzene rings is 1. The summed E-state index contributed by atoms with van der Waals surface area (Å²) in [4.78, 5) is 12.8. The van der Waals surface area contributed by atoms with Crippen LogP contribution in [0.3, 0.4) is 0 Å². The maximum atomic E-state index is 12.4. The molecule has 0 saturated carbocycles. The largest absolute Gasteiger partial charge is 0.465 e. The summed E-state index contributed by atoms with van der Waals surface area (Å²) in [6.45, 7) is 3.74. The van der Waals surface area contributed by atoms with Crippen molar-refractivity contribution in [1.29, 1.82) is 0 Å². The molecule has 0 aliphatic carbocycles. The van der Waals surface area contributed by atoms with Gasteiger partial charge in [0, 0.05) is 4.88 Å². The lowest BCUT2D eigenvalue weighted by Gasteiger charge is -2.16. The third kappa shape index (κ3) is 3.94. The van der Waals surface area contributed by atoms with Crippen molar-refractivity contribution < 1.29 is 17.9 Å². The maximum absolute atomic E-state index is 12.4. The monoisotopic (exact) mass is 339 g/mol. The van der Waals surface area contributed by atoms with Crippen LogP contribution in [0.2, 0.25) is 0 Å². The highest BCUT2D eigenvalue weighted by Crippen LogP contribution is 2.23. The molecule has 1 unspecified atom stereocenters. The summed E-state index contributed by atoms with van der Waals surface area (Å²) in [7, 11) is -3.81. The fraction of sp³-hybridized carbons (Fsp3) is 0.267. The van der Waals surface area contributed by atoms with Crippen LogP contribution < -0.4 is 4.72 Å². The summed E-state index contributed by atoms with van der Waals surface area (Å²) < 4.78 is 32.3. The van der Waals surface area contributed by atoms with Gasteiger partial charge in [-0.1, -0.05) is 23.8 Å². The first kappa shape index (κ1) is 16.7. The number of hydrogen-bond donors (Lipinski definition) is 1. The molecule has 1 N–H and O–H groups in total. The quantitative estimate of drug-likeness (QED) is 0.821. The molecule has 2 rings (SSSR count). The highest BCUT2D eigenvalue weighted by Gasteiger charge is 2.29. The van der Waals surface area contributed by atoms with E-state index < -0.39 is 22.0 Å². The van der Waals surface area contributed by atoms with E-state index in [4.69, 9.17) is 4.74 Å². The van der Waals surface area contributed by atoms with E-state index in [-0.39, 0.29) is 11.5 Å². The molecule has 0 aliphatic heterocycles. The molecule has 1 aromatic heterocycles. The number of esters is 1. The zero-order valence-electron chi connectivity index (χ0n) is 12.3. The Hall–Kier alpha value is -1.70. The summed E-state index contributed by atoms with van der Waals surface area (Å²) in [6.07, 6.45) is 0. The van der Waals surface area contributed by atoms with E-state index in [1.54, 1.807) is 36.6 Å². The van der Waals surface area contributed by atoms with Crippen molar-refractivity contribution in [3.63, 3.8) is 0 Å². The smallest absolute Gasteiger partial charge is 0.329 e. The fourth-order valence-corrected chi connectivity index (χ4v) is 3.85. The number of sulfonamides is 1. The molecule has 1 aromatic carbocycles. The summed E-state index contributed by atoms with van der Waals surface area (Å²) in [6, 6.07) is 8.85. The van der Waals surface area contributed by atoms with Gasteiger partial charge in [-0.2, -0.15) is 4.72 Å². The van der Waals surface area contributed by atoms with Gasteiger partial charge in [-0.3, -0.25) is 0 Å². The predicted octanol–water partition coefficient (Wildman–Crippen LogP) is 2.64. The van der Waals surface area contributed by atoms with Crippen LogP contribution >= 0.6 is 11.3 Å². The summed E-state index contributed by atoms with van der Waals surface area (Å²) in [5.74, 6) is -0.611. The number of ether oxygens (including phenoxy) is 1. The molecule has 1 atom stereocenters. The zero-order chi connectivity index (χ0) is 16.2. The molecule has 0 saturated heterocycles. The van der Waals surface area contributed by atoms with Crippen LogP contribution in [0.25, 0.3) is 0 Å². The molecule has 118 valence electrons. The highest BCUT2D eigenvalue weighted by molar-refractivity contribution is 7.89. The molecule has 0 amide bonds. The van der Waals surface area contributed by atoms with Gasteiger partial charge in [0.15, 0.2) is 6.04 Å². The van der Waals surface area contributed by atoms with Crippen molar-refractivity contribution >= 4 is 27.3 Å². The van der Waals surface area contributed by atoms with Gasteiger partial charge in [0.05, 0.1) is 11.5 Å². The molecule has 1 heterocycles. The van der Waals surface area contributed by atoms with E-state index in [1.807, 2.05) is 6.92 Å². The maximum Gasteiger partial charge on any atom is 0.329 e. The molecular formula is C15H17NO4S2. The van der Waals surface area contributed by atoms with E-state index in [0.29, 0.717) is 4.88 Å². The van der Waals surface area contributed by atoms with Crippen LogP contribution in [0, 0.1) is 6.92 Å². The standard InChI is InChI=1S/C15H17NO4S2/c1-3-20-15(17)14(13-5-4-10-21-13)16-22(18,19)12-8-6-11(2)7-9-12/h4-10,14,16H,3H2,1-2H3. The predicted molar refractivity (Wildman–Crippen MR) is 85.2 cm³/mol. The van der Waals surface area contributed by atoms with E-state index in [9.17, 15) is 13.2 Å². The van der Waals surface area contributed by atoms with Gasteiger partial charge in [0.25, 0.3) is 0 Å². The third-order valence-electron chi connectivity index (χ3n) is 2.95. The van der Waals surface area contributed by atoms with E-state index in [1.165, 1.54) is 23.5 Å². The van der Waals surface area contributed by atoms with Crippen LogP contribution in [0.15, 0.2) is 46.7 Å². The van der Waals surface area contributed by atoms with Crippen LogP contribution in [0.1, 0.15) is 23.4 Å². The normalized spacial score (nSPS) is 12.8. The van der Waals surface area contributed by atoms with Crippen molar-refractivity contribution in [1.82, 2.24) is 4.72 Å². The van der Waals surface area contributed by atoms with Gasteiger partial charge in [0.1, 0.15) is 0 Å².